The van der Waals surface area contributed by atoms with E-state index in [1.165, 1.54) is 24.0 Å². The molecule has 2 heterocycles. The van der Waals surface area contributed by atoms with Crippen LogP contribution in [0.4, 0.5) is 0 Å². The summed E-state index contributed by atoms with van der Waals surface area (Å²) in [6.45, 7) is 6.20. The van der Waals surface area contributed by atoms with Gasteiger partial charge in [0.05, 0.1) is 0 Å². The third kappa shape index (κ3) is 2.73. The predicted octanol–water partition coefficient (Wildman–Crippen LogP) is 2.70. The first-order valence-electron chi connectivity index (χ1n) is 7.86. The Labute approximate surface area is 121 Å². The van der Waals surface area contributed by atoms with Crippen molar-refractivity contribution in [3.05, 3.63) is 34.9 Å². The van der Waals surface area contributed by atoms with Crippen molar-refractivity contribution in [1.29, 1.82) is 0 Å². The summed E-state index contributed by atoms with van der Waals surface area (Å²) in [6.07, 6.45) is 4.67. The molecular weight excluding hydrogens is 248 g/mol. The molecule has 20 heavy (non-hydrogen) atoms. The first kappa shape index (κ1) is 13.6. The van der Waals surface area contributed by atoms with Crippen molar-refractivity contribution in [2.45, 2.75) is 38.5 Å². The monoisotopic (exact) mass is 272 g/mol. The molecule has 1 aromatic rings. The Balaban J connectivity index is 1.83. The number of carbonyl (C=O) groups is 1. The zero-order valence-corrected chi connectivity index (χ0v) is 12.3. The second-order valence-electron chi connectivity index (χ2n) is 6.09. The van der Waals surface area contributed by atoms with Crippen molar-refractivity contribution in [2.24, 2.45) is 0 Å². The molecular formula is C17H24N2O. The van der Waals surface area contributed by atoms with Gasteiger partial charge >= 0.3 is 0 Å². The van der Waals surface area contributed by atoms with Gasteiger partial charge in [-0.1, -0.05) is 6.07 Å². The fraction of sp³-hybridized carbons (Fsp3) is 0.588. The molecule has 3 nitrogen and oxygen atoms in total. The van der Waals surface area contributed by atoms with Crippen LogP contribution in [0.15, 0.2) is 18.2 Å². The molecule has 0 bridgehead atoms. The van der Waals surface area contributed by atoms with Gasteiger partial charge in [-0.05, 0) is 74.9 Å². The van der Waals surface area contributed by atoms with Gasteiger partial charge in [0.25, 0.3) is 5.91 Å². The van der Waals surface area contributed by atoms with Crippen LogP contribution in [0.1, 0.15) is 53.1 Å². The second-order valence-corrected chi connectivity index (χ2v) is 6.09. The van der Waals surface area contributed by atoms with E-state index in [9.17, 15) is 4.79 Å². The zero-order chi connectivity index (χ0) is 13.9. The molecule has 0 spiro atoms. The van der Waals surface area contributed by atoms with Crippen molar-refractivity contribution in [3.63, 3.8) is 0 Å². The van der Waals surface area contributed by atoms with E-state index >= 15 is 0 Å². The van der Waals surface area contributed by atoms with E-state index < -0.39 is 0 Å². The molecule has 108 valence electrons. The van der Waals surface area contributed by atoms with E-state index in [0.29, 0.717) is 5.92 Å². The Morgan fingerprint density at radius 3 is 2.60 bits per heavy atom. The van der Waals surface area contributed by atoms with Crippen LogP contribution >= 0.6 is 0 Å². The Kier molecular flexibility index (Phi) is 4.06. The second kappa shape index (κ2) is 5.96. The Bertz CT molecular complexity index is 486. The smallest absolute Gasteiger partial charge is 0.253 e. The van der Waals surface area contributed by atoms with Crippen molar-refractivity contribution < 1.29 is 4.79 Å². The number of rotatable bonds is 2. The lowest BCUT2D eigenvalue weighted by atomic mass is 9.86. The van der Waals surface area contributed by atoms with Gasteiger partial charge in [0, 0.05) is 18.7 Å². The van der Waals surface area contributed by atoms with Crippen LogP contribution in [0.25, 0.3) is 0 Å². The summed E-state index contributed by atoms with van der Waals surface area (Å²) in [5, 5.41) is 3.41. The minimum Gasteiger partial charge on any atom is -0.339 e. The van der Waals surface area contributed by atoms with Crippen molar-refractivity contribution in [3.8, 4) is 0 Å². The van der Waals surface area contributed by atoms with Gasteiger partial charge in [0.15, 0.2) is 0 Å². The predicted molar refractivity (Wildman–Crippen MR) is 81.2 cm³/mol. The molecule has 3 heteroatoms. The van der Waals surface area contributed by atoms with Gasteiger partial charge in [-0.15, -0.1) is 0 Å². The summed E-state index contributed by atoms with van der Waals surface area (Å²) >= 11 is 0. The van der Waals surface area contributed by atoms with Crippen LogP contribution < -0.4 is 5.32 Å². The van der Waals surface area contributed by atoms with Gasteiger partial charge in [-0.3, -0.25) is 4.79 Å². The first-order valence-corrected chi connectivity index (χ1v) is 7.86. The van der Waals surface area contributed by atoms with E-state index in [4.69, 9.17) is 0 Å². The third-order valence-electron chi connectivity index (χ3n) is 4.70. The number of aryl methyl sites for hydroxylation is 1. The highest BCUT2D eigenvalue weighted by molar-refractivity contribution is 5.94. The maximum Gasteiger partial charge on any atom is 0.253 e. The highest BCUT2D eigenvalue weighted by Crippen LogP contribution is 2.29. The lowest BCUT2D eigenvalue weighted by molar-refractivity contribution is 0.0792. The van der Waals surface area contributed by atoms with E-state index in [1.807, 2.05) is 11.0 Å². The minimum absolute atomic E-state index is 0.220. The third-order valence-corrected chi connectivity index (χ3v) is 4.70. The average molecular weight is 272 g/mol. The summed E-state index contributed by atoms with van der Waals surface area (Å²) in [6, 6.07) is 6.28. The molecule has 0 radical (unpaired) electrons. The normalized spacial score (nSPS) is 20.4. The van der Waals surface area contributed by atoms with Crippen molar-refractivity contribution >= 4 is 5.91 Å². The molecule has 3 rings (SSSR count). The van der Waals surface area contributed by atoms with Crippen molar-refractivity contribution in [1.82, 2.24) is 10.2 Å². The number of amides is 1. The van der Waals surface area contributed by atoms with E-state index in [0.717, 1.165) is 44.6 Å². The molecule has 1 aromatic carbocycles. The SMILES string of the molecule is Cc1ccc(C(=O)N2CCCC2)cc1C1CCNCC1. The van der Waals surface area contributed by atoms with Gasteiger partial charge in [0.2, 0.25) is 0 Å². The molecule has 2 fully saturated rings. The summed E-state index contributed by atoms with van der Waals surface area (Å²) in [7, 11) is 0. The fourth-order valence-corrected chi connectivity index (χ4v) is 3.45. The van der Waals surface area contributed by atoms with Gasteiger partial charge < -0.3 is 10.2 Å². The molecule has 0 saturated carbocycles. The van der Waals surface area contributed by atoms with Crippen LogP contribution in [0.5, 0.6) is 0 Å². The highest BCUT2D eigenvalue weighted by Gasteiger charge is 2.22. The summed E-state index contributed by atoms with van der Waals surface area (Å²) < 4.78 is 0. The first-order chi connectivity index (χ1) is 9.75. The molecule has 0 unspecified atom stereocenters. The van der Waals surface area contributed by atoms with Crippen LogP contribution in [-0.4, -0.2) is 37.0 Å². The number of hydrogen-bond acceptors (Lipinski definition) is 2. The largest absolute Gasteiger partial charge is 0.339 e. The number of benzene rings is 1. The average Bonchev–Trinajstić information content (AvgIpc) is 3.02. The molecule has 1 amide bonds. The Morgan fingerprint density at radius 2 is 1.90 bits per heavy atom. The number of likely N-dealkylation sites (tertiary alicyclic amines) is 1. The number of nitrogens with one attached hydrogen (secondary N) is 1. The maximum absolute atomic E-state index is 12.5. The zero-order valence-electron chi connectivity index (χ0n) is 12.3. The number of carbonyl (C=O) groups excluding carboxylic acids is 1. The molecule has 1 N–H and O–H groups in total. The molecule has 0 atom stereocenters. The number of hydrogen-bond donors (Lipinski definition) is 1. The van der Waals surface area contributed by atoms with E-state index in [-0.39, 0.29) is 5.91 Å². The molecule has 2 saturated heterocycles. The molecule has 0 aromatic heterocycles. The van der Waals surface area contributed by atoms with Crippen LogP contribution in [0.2, 0.25) is 0 Å². The topological polar surface area (TPSA) is 32.3 Å². The van der Waals surface area contributed by atoms with Crippen LogP contribution in [-0.2, 0) is 0 Å². The standard InChI is InChI=1S/C17H24N2O/c1-13-4-5-15(17(20)19-10-2-3-11-19)12-16(13)14-6-8-18-9-7-14/h4-5,12,14,18H,2-3,6-11H2,1H3. The summed E-state index contributed by atoms with van der Waals surface area (Å²) in [5.41, 5.74) is 3.59. The number of piperidine rings is 1. The Hall–Kier alpha value is -1.35. The summed E-state index contributed by atoms with van der Waals surface area (Å²) in [4.78, 5) is 14.5. The van der Waals surface area contributed by atoms with Gasteiger partial charge in [-0.2, -0.15) is 0 Å². The number of nitrogens with zero attached hydrogens (tertiary/aromatic N) is 1. The van der Waals surface area contributed by atoms with Gasteiger partial charge in [-0.25, -0.2) is 0 Å². The maximum atomic E-state index is 12.5. The van der Waals surface area contributed by atoms with Gasteiger partial charge in [0.1, 0.15) is 0 Å². The lowest BCUT2D eigenvalue weighted by Gasteiger charge is -2.25. The summed E-state index contributed by atoms with van der Waals surface area (Å²) in [5.74, 6) is 0.834. The molecule has 2 aliphatic heterocycles. The van der Waals surface area contributed by atoms with E-state index in [2.05, 4.69) is 24.4 Å². The molecule has 0 aliphatic carbocycles. The Morgan fingerprint density at radius 1 is 1.20 bits per heavy atom. The van der Waals surface area contributed by atoms with Crippen molar-refractivity contribution in [2.75, 3.05) is 26.2 Å². The highest BCUT2D eigenvalue weighted by atomic mass is 16.2. The lowest BCUT2D eigenvalue weighted by Crippen LogP contribution is -2.29. The quantitative estimate of drug-likeness (QED) is 0.898. The van der Waals surface area contributed by atoms with Crippen LogP contribution in [0, 0.1) is 6.92 Å². The fourth-order valence-electron chi connectivity index (χ4n) is 3.45. The molecule has 2 aliphatic rings. The van der Waals surface area contributed by atoms with E-state index in [1.54, 1.807) is 0 Å². The minimum atomic E-state index is 0.220. The van der Waals surface area contributed by atoms with Crippen LogP contribution in [0.3, 0.4) is 0 Å².